The number of benzene rings is 3. The predicted octanol–water partition coefficient (Wildman–Crippen LogP) is 10.5. The van der Waals surface area contributed by atoms with Crippen molar-refractivity contribution in [1.82, 2.24) is 14.5 Å². The zero-order valence-electron chi connectivity index (χ0n) is 28.6. The van der Waals surface area contributed by atoms with Gasteiger partial charge in [0, 0.05) is 64.7 Å². The molecule has 0 radical (unpaired) electrons. The molecular formula is C43H43N4O+. The minimum atomic E-state index is -0.0405. The maximum atomic E-state index is 6.61. The second kappa shape index (κ2) is 11.9. The minimum Gasteiger partial charge on any atom is -0.455 e. The Balaban J connectivity index is 1.18. The average molecular weight is 632 g/mol. The van der Waals surface area contributed by atoms with Crippen LogP contribution >= 0.6 is 0 Å². The summed E-state index contributed by atoms with van der Waals surface area (Å²) in [5.41, 5.74) is 12.1. The molecule has 0 amide bonds. The van der Waals surface area contributed by atoms with Crippen LogP contribution < -0.4 is 4.57 Å². The standard InChI is InChI=1S/C43H43N4O/c1-6-30(43(5,7-2)36-14-10-8-13-34(36)42-45-24-25-46(42)31-20-22-44-23-21-31)16-19-37-35-18-17-33-32-12-9-11-15-39(32)48-41(33)40(35)38-26-28(3)29(4)27-47(37)38/h8-15,17-18,20-27,30,37H,6-7,16,19H2,1-5H3/q+1. The lowest BCUT2D eigenvalue weighted by molar-refractivity contribution is -0.699. The molecule has 0 saturated carbocycles. The summed E-state index contributed by atoms with van der Waals surface area (Å²) in [5.74, 6) is 1.45. The van der Waals surface area contributed by atoms with Gasteiger partial charge in [-0.25, -0.2) is 4.98 Å². The SMILES string of the molecule is CCC(CCC1c2ccc3c(oc4ccccc43)c2-c2cc(C)c(C)c[n+]21)C(C)(CC)c1ccccc1-c1nccn1-c1ccncc1. The summed E-state index contributed by atoms with van der Waals surface area (Å²) in [5, 5.41) is 2.38. The molecule has 8 rings (SSSR count). The van der Waals surface area contributed by atoms with Gasteiger partial charge in [-0.3, -0.25) is 9.55 Å². The highest BCUT2D eigenvalue weighted by Crippen LogP contribution is 2.48. The van der Waals surface area contributed by atoms with Gasteiger partial charge in [-0.2, -0.15) is 4.57 Å². The number of hydrogen-bond acceptors (Lipinski definition) is 3. The van der Waals surface area contributed by atoms with E-state index in [0.717, 1.165) is 48.4 Å². The van der Waals surface area contributed by atoms with Gasteiger partial charge in [-0.1, -0.05) is 75.7 Å². The fourth-order valence-electron chi connectivity index (χ4n) is 8.45. The molecule has 240 valence electrons. The van der Waals surface area contributed by atoms with E-state index in [9.17, 15) is 0 Å². The van der Waals surface area contributed by atoms with Crippen LogP contribution in [0.25, 0.3) is 50.3 Å². The highest BCUT2D eigenvalue weighted by molar-refractivity contribution is 6.10. The number of pyridine rings is 2. The summed E-state index contributed by atoms with van der Waals surface area (Å²) in [6.07, 6.45) is 14.3. The van der Waals surface area contributed by atoms with E-state index in [0.29, 0.717) is 5.92 Å². The maximum absolute atomic E-state index is 6.61. The molecule has 5 heteroatoms. The molecule has 0 fully saturated rings. The Labute approximate surface area is 282 Å². The molecule has 4 aromatic heterocycles. The number of fused-ring (bicyclic) bond motifs is 7. The fraction of sp³-hybridized carbons (Fsp3) is 0.279. The van der Waals surface area contributed by atoms with Crippen molar-refractivity contribution in [3.05, 3.63) is 132 Å². The van der Waals surface area contributed by atoms with Gasteiger partial charge in [0.25, 0.3) is 0 Å². The summed E-state index contributed by atoms with van der Waals surface area (Å²) in [6, 6.07) is 28.7. The third-order valence-corrected chi connectivity index (χ3v) is 11.4. The quantitative estimate of drug-likeness (QED) is 0.149. The van der Waals surface area contributed by atoms with Crippen LogP contribution in [-0.2, 0) is 5.41 Å². The van der Waals surface area contributed by atoms with Gasteiger partial charge in [-0.15, -0.1) is 0 Å². The first kappa shape index (κ1) is 30.3. The molecular weight excluding hydrogens is 589 g/mol. The van der Waals surface area contributed by atoms with Crippen LogP contribution in [0, 0.1) is 19.8 Å². The summed E-state index contributed by atoms with van der Waals surface area (Å²) in [4.78, 5) is 9.14. The van der Waals surface area contributed by atoms with Crippen molar-refractivity contribution in [3.63, 3.8) is 0 Å². The van der Waals surface area contributed by atoms with Gasteiger partial charge in [0.05, 0.1) is 11.3 Å². The number of aromatic nitrogens is 4. The van der Waals surface area contributed by atoms with Crippen LogP contribution in [0.2, 0.25) is 0 Å². The number of imidazole rings is 1. The molecule has 7 aromatic rings. The zero-order valence-corrected chi connectivity index (χ0v) is 28.6. The van der Waals surface area contributed by atoms with Crippen LogP contribution in [0.15, 0.2) is 114 Å². The monoisotopic (exact) mass is 631 g/mol. The molecule has 0 bridgehead atoms. The maximum Gasteiger partial charge on any atom is 0.217 e. The molecule has 0 N–H and O–H groups in total. The third kappa shape index (κ3) is 4.70. The average Bonchev–Trinajstić information content (AvgIpc) is 3.84. The first-order chi connectivity index (χ1) is 23.4. The molecule has 1 aliphatic heterocycles. The predicted molar refractivity (Wildman–Crippen MR) is 194 cm³/mol. The highest BCUT2D eigenvalue weighted by Gasteiger charge is 2.42. The normalized spacial score (nSPS) is 15.8. The van der Waals surface area contributed by atoms with Crippen LogP contribution in [0.4, 0.5) is 0 Å². The molecule has 5 heterocycles. The molecule has 0 aliphatic carbocycles. The van der Waals surface area contributed by atoms with Crippen molar-refractivity contribution in [2.24, 2.45) is 5.92 Å². The third-order valence-electron chi connectivity index (χ3n) is 11.4. The van der Waals surface area contributed by atoms with Crippen molar-refractivity contribution >= 4 is 21.9 Å². The van der Waals surface area contributed by atoms with Crippen molar-refractivity contribution in [1.29, 1.82) is 0 Å². The summed E-state index contributed by atoms with van der Waals surface area (Å²) in [6.45, 7) is 11.7. The summed E-state index contributed by atoms with van der Waals surface area (Å²) < 4.78 is 11.3. The highest BCUT2D eigenvalue weighted by atomic mass is 16.3. The van der Waals surface area contributed by atoms with Gasteiger partial charge in [0.1, 0.15) is 17.0 Å². The van der Waals surface area contributed by atoms with Crippen molar-refractivity contribution in [3.8, 4) is 28.3 Å². The van der Waals surface area contributed by atoms with Crippen molar-refractivity contribution in [2.75, 3.05) is 0 Å². The van der Waals surface area contributed by atoms with Crippen LogP contribution in [0.3, 0.4) is 0 Å². The van der Waals surface area contributed by atoms with Gasteiger partial charge in [0.15, 0.2) is 12.2 Å². The summed E-state index contributed by atoms with van der Waals surface area (Å²) >= 11 is 0. The zero-order chi connectivity index (χ0) is 33.0. The molecule has 3 unspecified atom stereocenters. The smallest absolute Gasteiger partial charge is 0.217 e. The molecule has 3 atom stereocenters. The number of rotatable bonds is 9. The minimum absolute atomic E-state index is 0.0405. The van der Waals surface area contributed by atoms with Crippen molar-refractivity contribution < 1.29 is 8.98 Å². The van der Waals surface area contributed by atoms with Gasteiger partial charge in [-0.05, 0) is 73.4 Å². The Kier molecular flexibility index (Phi) is 7.51. The van der Waals surface area contributed by atoms with E-state index in [4.69, 9.17) is 9.40 Å². The van der Waals surface area contributed by atoms with E-state index >= 15 is 0 Å². The van der Waals surface area contributed by atoms with E-state index in [1.54, 1.807) is 0 Å². The first-order valence-electron chi connectivity index (χ1n) is 17.4. The molecule has 48 heavy (non-hydrogen) atoms. The van der Waals surface area contributed by atoms with E-state index in [1.165, 1.54) is 49.8 Å². The molecule has 3 aromatic carbocycles. The number of furan rings is 1. The second-order valence-corrected chi connectivity index (χ2v) is 13.8. The summed E-state index contributed by atoms with van der Waals surface area (Å²) in [7, 11) is 0. The van der Waals surface area contributed by atoms with Crippen molar-refractivity contribution in [2.45, 2.75) is 71.8 Å². The van der Waals surface area contributed by atoms with Gasteiger partial charge >= 0.3 is 0 Å². The van der Waals surface area contributed by atoms with E-state index in [-0.39, 0.29) is 11.5 Å². The largest absolute Gasteiger partial charge is 0.455 e. The first-order valence-corrected chi connectivity index (χ1v) is 17.4. The number of para-hydroxylation sites is 1. The van der Waals surface area contributed by atoms with Crippen LogP contribution in [0.1, 0.15) is 74.8 Å². The van der Waals surface area contributed by atoms with Crippen LogP contribution in [0.5, 0.6) is 0 Å². The molecule has 5 nitrogen and oxygen atoms in total. The molecule has 0 spiro atoms. The topological polar surface area (TPSA) is 47.7 Å². The van der Waals surface area contributed by atoms with E-state index in [2.05, 4.69) is 128 Å². The Bertz CT molecular complexity index is 2280. The fourth-order valence-corrected chi connectivity index (χ4v) is 8.45. The Morgan fingerprint density at radius 1 is 0.896 bits per heavy atom. The Morgan fingerprint density at radius 2 is 1.69 bits per heavy atom. The number of hydrogen-bond donors (Lipinski definition) is 0. The second-order valence-electron chi connectivity index (χ2n) is 13.8. The number of aryl methyl sites for hydroxylation is 2. The molecule has 1 aliphatic rings. The Hall–Kier alpha value is -5.03. The lowest BCUT2D eigenvalue weighted by Gasteiger charge is -2.39. The van der Waals surface area contributed by atoms with E-state index in [1.807, 2.05) is 30.7 Å². The van der Waals surface area contributed by atoms with Gasteiger partial charge < -0.3 is 4.42 Å². The Morgan fingerprint density at radius 3 is 2.50 bits per heavy atom. The lowest BCUT2D eigenvalue weighted by atomic mass is 9.65. The van der Waals surface area contributed by atoms with E-state index < -0.39 is 0 Å². The van der Waals surface area contributed by atoms with Gasteiger partial charge in [0.2, 0.25) is 5.69 Å². The van der Waals surface area contributed by atoms with Crippen LogP contribution in [-0.4, -0.2) is 14.5 Å². The number of nitrogens with zero attached hydrogens (tertiary/aromatic N) is 4. The molecule has 0 saturated heterocycles. The lowest BCUT2D eigenvalue weighted by Crippen LogP contribution is -2.39.